The van der Waals surface area contributed by atoms with Gasteiger partial charge in [-0.05, 0) is 12.1 Å². The number of fused-ring (bicyclic) bond motifs is 3. The molecule has 0 amide bonds. The average molecular weight is 407 g/mol. The lowest BCUT2D eigenvalue weighted by Gasteiger charge is -2.13. The van der Waals surface area contributed by atoms with Gasteiger partial charge in [0.25, 0.3) is 5.92 Å². The predicted molar refractivity (Wildman–Crippen MR) is 100 cm³/mol. The lowest BCUT2D eigenvalue weighted by Crippen LogP contribution is -2.21. The fourth-order valence-corrected chi connectivity index (χ4v) is 3.83. The van der Waals surface area contributed by atoms with Crippen LogP contribution in [0.1, 0.15) is 36.6 Å². The molecule has 28 heavy (non-hydrogen) atoms. The summed E-state index contributed by atoms with van der Waals surface area (Å²) < 4.78 is 47.9. The number of hydrogen-bond donors (Lipinski definition) is 2. The van der Waals surface area contributed by atoms with Gasteiger partial charge in [-0.3, -0.25) is 0 Å². The van der Waals surface area contributed by atoms with Crippen molar-refractivity contribution in [2.75, 3.05) is 5.73 Å². The Balaban J connectivity index is 0.00000109. The standard InChI is InChI=1S/C17H10F3N3O2S.C2H6/c18-8-1-7(6-21)2-9(3-8)25-11-4-12-14(23-16(22)26-12)13-10(11)5-17(19,20)15(13)24;1-2/h1-4,15,24H,5H2,(H2,22,23);1-2H3. The summed E-state index contributed by atoms with van der Waals surface area (Å²) in [6.45, 7) is 4.00. The number of aliphatic hydroxyl groups is 1. The molecule has 3 aromatic rings. The predicted octanol–water partition coefficient (Wildman–Crippen LogP) is 4.93. The van der Waals surface area contributed by atoms with Crippen LogP contribution in [0.5, 0.6) is 11.5 Å². The van der Waals surface area contributed by atoms with E-state index in [2.05, 4.69) is 4.98 Å². The van der Waals surface area contributed by atoms with Gasteiger partial charge in [-0.25, -0.2) is 18.2 Å². The second-order valence-corrected chi connectivity index (χ2v) is 6.96. The number of aromatic nitrogens is 1. The van der Waals surface area contributed by atoms with Gasteiger partial charge >= 0.3 is 0 Å². The quantitative estimate of drug-likeness (QED) is 0.628. The first-order valence-corrected chi connectivity index (χ1v) is 9.26. The third kappa shape index (κ3) is 3.37. The van der Waals surface area contributed by atoms with Crippen molar-refractivity contribution in [3.63, 3.8) is 0 Å². The van der Waals surface area contributed by atoms with Crippen LogP contribution in [0.2, 0.25) is 0 Å². The van der Waals surface area contributed by atoms with Gasteiger partial charge < -0.3 is 15.6 Å². The smallest absolute Gasteiger partial charge is 0.281 e. The highest BCUT2D eigenvalue weighted by molar-refractivity contribution is 7.22. The number of ether oxygens (including phenoxy) is 1. The van der Waals surface area contributed by atoms with Gasteiger partial charge in [0.15, 0.2) is 5.13 Å². The van der Waals surface area contributed by atoms with Crippen molar-refractivity contribution >= 4 is 26.7 Å². The molecule has 5 nitrogen and oxygen atoms in total. The van der Waals surface area contributed by atoms with Crippen LogP contribution >= 0.6 is 11.3 Å². The number of rotatable bonds is 2. The van der Waals surface area contributed by atoms with E-state index >= 15 is 0 Å². The highest BCUT2D eigenvalue weighted by Gasteiger charge is 2.49. The molecule has 2 aromatic carbocycles. The summed E-state index contributed by atoms with van der Waals surface area (Å²) in [5.41, 5.74) is 5.96. The van der Waals surface area contributed by atoms with Crippen LogP contribution in [0.15, 0.2) is 24.3 Å². The van der Waals surface area contributed by atoms with E-state index in [0.29, 0.717) is 4.70 Å². The lowest BCUT2D eigenvalue weighted by atomic mass is 10.1. The Bertz CT molecular complexity index is 1090. The molecule has 0 saturated carbocycles. The molecule has 0 radical (unpaired) electrons. The summed E-state index contributed by atoms with van der Waals surface area (Å²) in [6, 6.07) is 6.64. The molecule has 0 fully saturated rings. The molecule has 0 spiro atoms. The number of aliphatic hydroxyl groups excluding tert-OH is 1. The van der Waals surface area contributed by atoms with Crippen molar-refractivity contribution in [3.05, 3.63) is 46.8 Å². The van der Waals surface area contributed by atoms with E-state index in [0.717, 1.165) is 23.5 Å². The number of nitriles is 1. The summed E-state index contributed by atoms with van der Waals surface area (Å²) >= 11 is 1.06. The summed E-state index contributed by atoms with van der Waals surface area (Å²) in [5.74, 6) is -4.04. The zero-order chi connectivity index (χ0) is 20.6. The fraction of sp³-hybridized carbons (Fsp3) is 0.263. The van der Waals surface area contributed by atoms with Crippen LogP contribution in [-0.2, 0) is 6.42 Å². The van der Waals surface area contributed by atoms with Gasteiger partial charge in [-0.2, -0.15) is 5.26 Å². The molecule has 1 atom stereocenters. The van der Waals surface area contributed by atoms with Crippen LogP contribution in [0.25, 0.3) is 10.2 Å². The maximum absolute atomic E-state index is 14.1. The maximum Gasteiger partial charge on any atom is 0.281 e. The Morgan fingerprint density at radius 1 is 1.32 bits per heavy atom. The van der Waals surface area contributed by atoms with E-state index in [1.165, 1.54) is 12.1 Å². The first-order valence-electron chi connectivity index (χ1n) is 8.44. The van der Waals surface area contributed by atoms with Gasteiger partial charge in [0.2, 0.25) is 0 Å². The normalized spacial score (nSPS) is 16.8. The number of benzene rings is 2. The SMILES string of the molecule is CC.N#Cc1cc(F)cc(Oc2cc3sc(N)nc3c3c2CC(F)(F)C3O)c1. The van der Waals surface area contributed by atoms with E-state index in [9.17, 15) is 18.3 Å². The van der Waals surface area contributed by atoms with Crippen molar-refractivity contribution in [2.24, 2.45) is 0 Å². The van der Waals surface area contributed by atoms with Crippen molar-refractivity contribution in [2.45, 2.75) is 32.3 Å². The minimum absolute atomic E-state index is 0.00899. The van der Waals surface area contributed by atoms with Gasteiger partial charge in [0.1, 0.15) is 23.4 Å². The molecular formula is C19H16F3N3O2S. The molecule has 1 aliphatic carbocycles. The summed E-state index contributed by atoms with van der Waals surface area (Å²) in [5, 5.41) is 19.1. The second kappa shape index (κ2) is 7.30. The third-order valence-corrected chi connectivity index (χ3v) is 4.96. The minimum atomic E-state index is -3.38. The molecule has 0 saturated heterocycles. The van der Waals surface area contributed by atoms with Gasteiger partial charge in [-0.1, -0.05) is 25.2 Å². The zero-order valence-electron chi connectivity index (χ0n) is 15.0. The average Bonchev–Trinajstić information content (AvgIpc) is 3.12. The molecule has 0 bridgehead atoms. The number of anilines is 1. The molecule has 1 aromatic heterocycles. The molecule has 0 aliphatic heterocycles. The molecule has 1 unspecified atom stereocenters. The van der Waals surface area contributed by atoms with Crippen LogP contribution in [-0.4, -0.2) is 16.0 Å². The highest BCUT2D eigenvalue weighted by Crippen LogP contribution is 2.51. The van der Waals surface area contributed by atoms with Gasteiger partial charge in [-0.15, -0.1) is 0 Å². The van der Waals surface area contributed by atoms with Crippen LogP contribution in [0.4, 0.5) is 18.3 Å². The topological polar surface area (TPSA) is 92.2 Å². The van der Waals surface area contributed by atoms with Gasteiger partial charge in [0, 0.05) is 29.7 Å². The van der Waals surface area contributed by atoms with E-state index in [4.69, 9.17) is 15.7 Å². The summed E-state index contributed by atoms with van der Waals surface area (Å²) in [6.07, 6.45) is -2.78. The van der Waals surface area contributed by atoms with Crippen LogP contribution < -0.4 is 10.5 Å². The Morgan fingerprint density at radius 3 is 2.71 bits per heavy atom. The number of alkyl halides is 2. The molecule has 9 heteroatoms. The maximum atomic E-state index is 14.1. The van der Waals surface area contributed by atoms with Crippen molar-refractivity contribution in [1.29, 1.82) is 5.26 Å². The molecule has 1 heterocycles. The molecule has 1 aliphatic rings. The largest absolute Gasteiger partial charge is 0.457 e. The number of halogens is 3. The Kier molecular flexibility index (Phi) is 5.19. The first-order chi connectivity index (χ1) is 13.3. The van der Waals surface area contributed by atoms with E-state index < -0.39 is 24.3 Å². The Hall–Kier alpha value is -2.83. The van der Waals surface area contributed by atoms with E-state index in [1.807, 2.05) is 13.8 Å². The second-order valence-electron chi connectivity index (χ2n) is 5.90. The Morgan fingerprint density at radius 2 is 2.04 bits per heavy atom. The minimum Gasteiger partial charge on any atom is -0.457 e. The fourth-order valence-electron chi connectivity index (χ4n) is 3.05. The molecule has 4 rings (SSSR count). The van der Waals surface area contributed by atoms with Gasteiger partial charge in [0.05, 0.1) is 21.8 Å². The molecule has 146 valence electrons. The zero-order valence-corrected chi connectivity index (χ0v) is 15.8. The van der Waals surface area contributed by atoms with E-state index in [-0.39, 0.29) is 38.8 Å². The summed E-state index contributed by atoms with van der Waals surface area (Å²) in [7, 11) is 0. The first kappa shape index (κ1) is 19.9. The number of thiazole rings is 1. The van der Waals surface area contributed by atoms with Crippen LogP contribution in [0.3, 0.4) is 0 Å². The highest BCUT2D eigenvalue weighted by atomic mass is 32.1. The van der Waals surface area contributed by atoms with Crippen molar-refractivity contribution < 1.29 is 23.0 Å². The number of nitrogen functional groups attached to an aromatic ring is 1. The lowest BCUT2D eigenvalue weighted by molar-refractivity contribution is -0.0964. The Labute approximate surface area is 162 Å². The number of nitrogens with two attached hydrogens (primary N) is 1. The molecule has 3 N–H and O–H groups in total. The summed E-state index contributed by atoms with van der Waals surface area (Å²) in [4.78, 5) is 4.03. The molecular weight excluding hydrogens is 391 g/mol. The van der Waals surface area contributed by atoms with Crippen molar-refractivity contribution in [1.82, 2.24) is 4.98 Å². The van der Waals surface area contributed by atoms with Crippen molar-refractivity contribution in [3.8, 4) is 17.6 Å². The number of hydrogen-bond acceptors (Lipinski definition) is 6. The van der Waals surface area contributed by atoms with Crippen LogP contribution in [0, 0.1) is 17.1 Å². The van der Waals surface area contributed by atoms with E-state index in [1.54, 1.807) is 6.07 Å². The third-order valence-electron chi connectivity index (χ3n) is 4.12. The monoisotopic (exact) mass is 407 g/mol. The number of nitrogens with zero attached hydrogens (tertiary/aromatic N) is 2.